The molecule has 0 N–H and O–H groups in total. The fraction of sp³-hybridized carbons (Fsp3) is 0.706. The summed E-state index contributed by atoms with van der Waals surface area (Å²) in [6.45, 7) is 8.45. The number of methoxy groups -OCH3 is 1. The Kier molecular flexibility index (Phi) is 4.18. The van der Waals surface area contributed by atoms with E-state index in [9.17, 15) is 0 Å². The second kappa shape index (κ2) is 5.93. The largest absolute Gasteiger partial charge is 0.496 e. The van der Waals surface area contributed by atoms with Gasteiger partial charge >= 0.3 is 0 Å². The van der Waals surface area contributed by atoms with Crippen molar-refractivity contribution in [1.29, 1.82) is 0 Å². The molecule has 0 aromatic carbocycles. The van der Waals surface area contributed by atoms with Gasteiger partial charge in [-0.1, -0.05) is 0 Å². The van der Waals surface area contributed by atoms with E-state index in [1.54, 1.807) is 7.11 Å². The lowest BCUT2D eigenvalue weighted by atomic mass is 9.89. The Morgan fingerprint density at radius 2 is 2.00 bits per heavy atom. The number of hydrogen-bond acceptors (Lipinski definition) is 4. The molecule has 2 heterocycles. The van der Waals surface area contributed by atoms with Crippen LogP contribution in [-0.4, -0.2) is 48.3 Å². The van der Waals surface area contributed by atoms with Crippen LogP contribution >= 0.6 is 0 Å². The van der Waals surface area contributed by atoms with Gasteiger partial charge in [-0.3, -0.25) is 9.88 Å². The van der Waals surface area contributed by atoms with Crippen molar-refractivity contribution in [2.24, 2.45) is 0 Å². The predicted octanol–water partition coefficient (Wildman–Crippen LogP) is 2.37. The van der Waals surface area contributed by atoms with Gasteiger partial charge in [0.05, 0.1) is 19.3 Å². The third kappa shape index (κ3) is 3.06. The summed E-state index contributed by atoms with van der Waals surface area (Å²) < 4.78 is 11.4. The highest BCUT2D eigenvalue weighted by molar-refractivity contribution is 5.40. The highest BCUT2D eigenvalue weighted by Crippen LogP contribution is 2.32. The average Bonchev–Trinajstić information content (AvgIpc) is 2.44. The molecule has 2 aliphatic rings. The van der Waals surface area contributed by atoms with Crippen LogP contribution in [0.25, 0.3) is 0 Å². The molecule has 0 amide bonds. The number of aromatic nitrogens is 1. The van der Waals surface area contributed by atoms with Gasteiger partial charge in [-0.2, -0.15) is 0 Å². The molecule has 1 aromatic heterocycles. The molecule has 1 aliphatic heterocycles. The minimum Gasteiger partial charge on any atom is -0.496 e. The number of rotatable bonds is 2. The van der Waals surface area contributed by atoms with Crippen LogP contribution in [0.4, 0.5) is 0 Å². The van der Waals surface area contributed by atoms with E-state index in [1.807, 2.05) is 6.92 Å². The summed E-state index contributed by atoms with van der Waals surface area (Å²) in [6, 6.07) is 2.65. The number of aryl methyl sites for hydroxylation is 2. The topological polar surface area (TPSA) is 34.6 Å². The van der Waals surface area contributed by atoms with Gasteiger partial charge < -0.3 is 9.47 Å². The van der Waals surface area contributed by atoms with Gasteiger partial charge in [-0.05, 0) is 40.0 Å². The lowest BCUT2D eigenvalue weighted by Crippen LogP contribution is -2.51. The smallest absolute Gasteiger partial charge is 0.125 e. The van der Waals surface area contributed by atoms with E-state index < -0.39 is 0 Å². The molecule has 0 saturated carbocycles. The van der Waals surface area contributed by atoms with Crippen molar-refractivity contribution in [2.75, 3.05) is 20.2 Å². The van der Waals surface area contributed by atoms with Crippen LogP contribution in [-0.2, 0) is 17.6 Å². The third-order valence-corrected chi connectivity index (χ3v) is 4.64. The van der Waals surface area contributed by atoms with Crippen molar-refractivity contribution in [1.82, 2.24) is 9.88 Å². The van der Waals surface area contributed by atoms with Gasteiger partial charge in [0, 0.05) is 42.1 Å². The van der Waals surface area contributed by atoms with E-state index in [2.05, 4.69) is 24.8 Å². The highest BCUT2D eigenvalue weighted by atomic mass is 16.5. The molecule has 116 valence electrons. The highest BCUT2D eigenvalue weighted by Gasteiger charge is 2.31. The fourth-order valence-corrected chi connectivity index (χ4v) is 3.81. The molecule has 0 spiro atoms. The molecular weight excluding hydrogens is 264 g/mol. The van der Waals surface area contributed by atoms with Gasteiger partial charge in [0.25, 0.3) is 0 Å². The Morgan fingerprint density at radius 3 is 2.67 bits per heavy atom. The Balaban J connectivity index is 1.80. The summed E-state index contributed by atoms with van der Waals surface area (Å²) in [5.74, 6) is 1.01. The first-order valence-corrected chi connectivity index (χ1v) is 7.99. The van der Waals surface area contributed by atoms with E-state index in [-0.39, 0.29) is 0 Å². The maximum absolute atomic E-state index is 5.86. The summed E-state index contributed by atoms with van der Waals surface area (Å²) in [5.41, 5.74) is 3.60. The molecule has 1 aliphatic carbocycles. The SMILES string of the molecule is COc1cc(C)nc2c1CC(N1CC(C)OC(C)C1)CC2. The van der Waals surface area contributed by atoms with Gasteiger partial charge in [-0.25, -0.2) is 0 Å². The van der Waals surface area contributed by atoms with Crippen LogP contribution in [0.1, 0.15) is 37.2 Å². The normalized spacial score (nSPS) is 30.0. The summed E-state index contributed by atoms with van der Waals surface area (Å²) in [4.78, 5) is 7.31. The van der Waals surface area contributed by atoms with Crippen LogP contribution in [0.15, 0.2) is 6.07 Å². The molecule has 21 heavy (non-hydrogen) atoms. The number of nitrogens with zero attached hydrogens (tertiary/aromatic N) is 2. The zero-order valence-corrected chi connectivity index (χ0v) is 13.6. The Hall–Kier alpha value is -1.13. The molecule has 0 bridgehead atoms. The number of fused-ring (bicyclic) bond motifs is 1. The molecule has 3 unspecified atom stereocenters. The fourth-order valence-electron chi connectivity index (χ4n) is 3.81. The van der Waals surface area contributed by atoms with E-state index in [0.717, 1.165) is 37.4 Å². The van der Waals surface area contributed by atoms with E-state index in [0.29, 0.717) is 18.2 Å². The van der Waals surface area contributed by atoms with Crippen LogP contribution < -0.4 is 4.74 Å². The number of pyridine rings is 1. The van der Waals surface area contributed by atoms with Crippen molar-refractivity contribution < 1.29 is 9.47 Å². The maximum Gasteiger partial charge on any atom is 0.125 e. The molecule has 4 nitrogen and oxygen atoms in total. The van der Waals surface area contributed by atoms with Crippen LogP contribution in [0.3, 0.4) is 0 Å². The number of morpholine rings is 1. The molecule has 4 heteroatoms. The van der Waals surface area contributed by atoms with Gasteiger partial charge in [0.2, 0.25) is 0 Å². The van der Waals surface area contributed by atoms with Crippen LogP contribution in [0, 0.1) is 6.92 Å². The third-order valence-electron chi connectivity index (χ3n) is 4.64. The van der Waals surface area contributed by atoms with Crippen molar-refractivity contribution in [2.45, 2.75) is 58.3 Å². The van der Waals surface area contributed by atoms with Crippen LogP contribution in [0.5, 0.6) is 5.75 Å². The first-order valence-electron chi connectivity index (χ1n) is 7.99. The van der Waals surface area contributed by atoms with Crippen molar-refractivity contribution >= 4 is 0 Å². The lowest BCUT2D eigenvalue weighted by Gasteiger charge is -2.42. The van der Waals surface area contributed by atoms with Crippen molar-refractivity contribution in [3.05, 3.63) is 23.0 Å². The summed E-state index contributed by atoms with van der Waals surface area (Å²) in [7, 11) is 1.76. The number of ether oxygens (including phenoxy) is 2. The molecule has 1 aromatic rings. The minimum absolute atomic E-state index is 0.327. The summed E-state index contributed by atoms with van der Waals surface area (Å²) in [5, 5.41) is 0. The van der Waals surface area contributed by atoms with E-state index in [1.165, 1.54) is 17.7 Å². The Morgan fingerprint density at radius 1 is 1.29 bits per heavy atom. The maximum atomic E-state index is 5.86. The van der Waals surface area contributed by atoms with Gasteiger partial charge in [-0.15, -0.1) is 0 Å². The quantitative estimate of drug-likeness (QED) is 0.837. The molecule has 3 rings (SSSR count). The lowest BCUT2D eigenvalue weighted by molar-refractivity contribution is -0.0817. The Labute approximate surface area is 127 Å². The first kappa shape index (κ1) is 14.8. The molecule has 1 saturated heterocycles. The Bertz CT molecular complexity index is 491. The van der Waals surface area contributed by atoms with Crippen molar-refractivity contribution in [3.8, 4) is 5.75 Å². The average molecular weight is 290 g/mol. The number of hydrogen-bond donors (Lipinski definition) is 0. The second-order valence-electron chi connectivity index (χ2n) is 6.50. The molecule has 0 radical (unpaired) electrons. The van der Waals surface area contributed by atoms with E-state index in [4.69, 9.17) is 14.5 Å². The standard InChI is InChI=1S/C17H26N2O2/c1-11-7-17(20-4)15-8-14(5-6-16(15)18-11)19-9-12(2)21-13(3)10-19/h7,12-14H,5-6,8-10H2,1-4H3. The first-order chi connectivity index (χ1) is 10.1. The zero-order valence-electron chi connectivity index (χ0n) is 13.6. The molecule has 3 atom stereocenters. The summed E-state index contributed by atoms with van der Waals surface area (Å²) in [6.07, 6.45) is 3.94. The van der Waals surface area contributed by atoms with Crippen molar-refractivity contribution in [3.63, 3.8) is 0 Å². The zero-order chi connectivity index (χ0) is 15.0. The predicted molar refractivity (Wildman–Crippen MR) is 82.9 cm³/mol. The van der Waals surface area contributed by atoms with Crippen LogP contribution in [0.2, 0.25) is 0 Å². The van der Waals surface area contributed by atoms with E-state index >= 15 is 0 Å². The molecule has 1 fully saturated rings. The summed E-state index contributed by atoms with van der Waals surface area (Å²) >= 11 is 0. The monoisotopic (exact) mass is 290 g/mol. The molecular formula is C17H26N2O2. The van der Waals surface area contributed by atoms with Gasteiger partial charge in [0.1, 0.15) is 5.75 Å². The second-order valence-corrected chi connectivity index (χ2v) is 6.50. The minimum atomic E-state index is 0.327. The van der Waals surface area contributed by atoms with Gasteiger partial charge in [0.15, 0.2) is 0 Å².